The fourth-order valence-electron chi connectivity index (χ4n) is 2.24. The Morgan fingerprint density at radius 3 is 2.64 bits per heavy atom. The van der Waals surface area contributed by atoms with E-state index in [-0.39, 0.29) is 5.91 Å². The molecule has 1 amide bonds. The van der Waals surface area contributed by atoms with Crippen molar-refractivity contribution in [1.82, 2.24) is 10.2 Å². The second-order valence-corrected chi connectivity index (χ2v) is 6.31. The van der Waals surface area contributed by atoms with Crippen molar-refractivity contribution in [2.75, 3.05) is 11.4 Å². The zero-order valence-corrected chi connectivity index (χ0v) is 14.3. The Morgan fingerprint density at radius 2 is 1.95 bits per heavy atom. The third kappa shape index (κ3) is 3.91. The van der Waals surface area contributed by atoms with Gasteiger partial charge < -0.3 is 0 Å². The Balaban J connectivity index is 2.26. The molecule has 0 aliphatic carbocycles. The molecule has 0 aliphatic heterocycles. The normalized spacial score (nSPS) is 10.7. The van der Waals surface area contributed by atoms with Crippen LogP contribution in [0.15, 0.2) is 24.3 Å². The summed E-state index contributed by atoms with van der Waals surface area (Å²) in [4.78, 5) is 14.1. The summed E-state index contributed by atoms with van der Waals surface area (Å²) in [5.41, 5.74) is 2.26. The standard InChI is InChI=1S/C17H23N3OS/c1-4-6-12-20(15(21)9-5-2)17-19-18-16(22-17)14-11-8-7-10-13(14)3/h7-8,10-11H,4-6,9,12H2,1-3H3. The summed E-state index contributed by atoms with van der Waals surface area (Å²) < 4.78 is 0. The van der Waals surface area contributed by atoms with Gasteiger partial charge in [-0.15, -0.1) is 10.2 Å². The molecule has 0 spiro atoms. The molecule has 0 saturated carbocycles. The van der Waals surface area contributed by atoms with Gasteiger partial charge in [-0.3, -0.25) is 9.69 Å². The molecule has 1 aromatic heterocycles. The van der Waals surface area contributed by atoms with Crippen LogP contribution in [0.3, 0.4) is 0 Å². The number of aryl methyl sites for hydroxylation is 1. The highest BCUT2D eigenvalue weighted by Crippen LogP contribution is 2.31. The molecule has 0 aliphatic rings. The fraction of sp³-hybridized carbons (Fsp3) is 0.471. The Bertz CT molecular complexity index is 624. The van der Waals surface area contributed by atoms with Gasteiger partial charge in [0.2, 0.25) is 11.0 Å². The largest absolute Gasteiger partial charge is 0.287 e. The Hall–Kier alpha value is -1.75. The maximum atomic E-state index is 12.3. The molecule has 118 valence electrons. The first-order valence-electron chi connectivity index (χ1n) is 7.87. The summed E-state index contributed by atoms with van der Waals surface area (Å²) >= 11 is 1.50. The van der Waals surface area contributed by atoms with Crippen LogP contribution in [-0.4, -0.2) is 22.6 Å². The predicted octanol–water partition coefficient (Wildman–Crippen LogP) is 4.45. The van der Waals surface area contributed by atoms with Crippen molar-refractivity contribution in [2.24, 2.45) is 0 Å². The lowest BCUT2D eigenvalue weighted by molar-refractivity contribution is -0.118. The number of amides is 1. The van der Waals surface area contributed by atoms with Gasteiger partial charge in [0.25, 0.3) is 0 Å². The van der Waals surface area contributed by atoms with Crippen molar-refractivity contribution < 1.29 is 4.79 Å². The van der Waals surface area contributed by atoms with Crippen LogP contribution in [0.2, 0.25) is 0 Å². The monoisotopic (exact) mass is 317 g/mol. The van der Waals surface area contributed by atoms with Gasteiger partial charge in [0.1, 0.15) is 5.01 Å². The molecule has 5 heteroatoms. The van der Waals surface area contributed by atoms with Crippen molar-refractivity contribution in [3.63, 3.8) is 0 Å². The Kier molecular flexibility index (Phi) is 6.07. The van der Waals surface area contributed by atoms with Gasteiger partial charge in [0.15, 0.2) is 0 Å². The number of rotatable bonds is 7. The van der Waals surface area contributed by atoms with Gasteiger partial charge in [-0.2, -0.15) is 0 Å². The molecule has 1 aromatic carbocycles. The van der Waals surface area contributed by atoms with E-state index in [0.29, 0.717) is 11.6 Å². The number of unbranched alkanes of at least 4 members (excludes halogenated alkanes) is 1. The van der Waals surface area contributed by atoms with Crippen LogP contribution in [0.4, 0.5) is 5.13 Å². The van der Waals surface area contributed by atoms with E-state index in [0.717, 1.165) is 36.4 Å². The van der Waals surface area contributed by atoms with Crippen LogP contribution in [-0.2, 0) is 4.79 Å². The lowest BCUT2D eigenvalue weighted by Crippen LogP contribution is -2.31. The van der Waals surface area contributed by atoms with E-state index in [1.54, 1.807) is 4.90 Å². The van der Waals surface area contributed by atoms with E-state index >= 15 is 0 Å². The molecule has 2 rings (SSSR count). The minimum Gasteiger partial charge on any atom is -0.287 e. The molecule has 0 unspecified atom stereocenters. The Labute approximate surface area is 136 Å². The highest BCUT2D eigenvalue weighted by molar-refractivity contribution is 7.18. The minimum absolute atomic E-state index is 0.142. The molecule has 0 radical (unpaired) electrons. The zero-order valence-electron chi connectivity index (χ0n) is 13.5. The third-order valence-corrected chi connectivity index (χ3v) is 4.50. The molecule has 0 atom stereocenters. The number of anilines is 1. The smallest absolute Gasteiger partial charge is 0.228 e. The van der Waals surface area contributed by atoms with Gasteiger partial charge in [-0.05, 0) is 25.3 Å². The fourth-order valence-corrected chi connectivity index (χ4v) is 3.22. The number of aromatic nitrogens is 2. The highest BCUT2D eigenvalue weighted by Gasteiger charge is 2.19. The predicted molar refractivity (Wildman–Crippen MR) is 92.3 cm³/mol. The van der Waals surface area contributed by atoms with Crippen molar-refractivity contribution >= 4 is 22.4 Å². The summed E-state index contributed by atoms with van der Waals surface area (Å²) in [6.07, 6.45) is 3.45. The topological polar surface area (TPSA) is 46.1 Å². The lowest BCUT2D eigenvalue weighted by Gasteiger charge is -2.18. The van der Waals surface area contributed by atoms with Gasteiger partial charge in [-0.1, -0.05) is 55.9 Å². The number of benzene rings is 1. The van der Waals surface area contributed by atoms with E-state index < -0.39 is 0 Å². The summed E-state index contributed by atoms with van der Waals surface area (Å²) in [7, 11) is 0. The molecule has 0 saturated heterocycles. The summed E-state index contributed by atoms with van der Waals surface area (Å²) in [5, 5.41) is 10.1. The average Bonchev–Trinajstić information content (AvgIpc) is 2.98. The molecule has 2 aromatic rings. The second-order valence-electron chi connectivity index (χ2n) is 5.35. The second kappa shape index (κ2) is 8.03. The van der Waals surface area contributed by atoms with E-state index in [1.807, 2.05) is 25.1 Å². The molecular weight excluding hydrogens is 294 g/mol. The molecule has 4 nitrogen and oxygen atoms in total. The van der Waals surface area contributed by atoms with Crippen molar-refractivity contribution in [1.29, 1.82) is 0 Å². The molecule has 22 heavy (non-hydrogen) atoms. The summed E-state index contributed by atoms with van der Waals surface area (Å²) in [5.74, 6) is 0.142. The van der Waals surface area contributed by atoms with Crippen molar-refractivity contribution in [3.05, 3.63) is 29.8 Å². The van der Waals surface area contributed by atoms with Crippen LogP contribution < -0.4 is 4.90 Å². The lowest BCUT2D eigenvalue weighted by atomic mass is 10.1. The highest BCUT2D eigenvalue weighted by atomic mass is 32.1. The molecular formula is C17H23N3OS. The summed E-state index contributed by atoms with van der Waals surface area (Å²) in [6.45, 7) is 6.93. The van der Waals surface area contributed by atoms with Crippen LogP contribution in [0.5, 0.6) is 0 Å². The van der Waals surface area contributed by atoms with Crippen LogP contribution >= 0.6 is 11.3 Å². The van der Waals surface area contributed by atoms with Crippen LogP contribution in [0, 0.1) is 6.92 Å². The third-order valence-electron chi connectivity index (χ3n) is 3.52. The zero-order chi connectivity index (χ0) is 15.9. The first-order valence-corrected chi connectivity index (χ1v) is 8.68. The first-order chi connectivity index (χ1) is 10.7. The number of carbonyl (C=O) groups is 1. The van der Waals surface area contributed by atoms with Gasteiger partial charge in [0.05, 0.1) is 0 Å². The van der Waals surface area contributed by atoms with E-state index in [2.05, 4.69) is 30.1 Å². The maximum absolute atomic E-state index is 12.3. The van der Waals surface area contributed by atoms with Crippen molar-refractivity contribution in [3.8, 4) is 10.6 Å². The first kappa shape index (κ1) is 16.6. The van der Waals surface area contributed by atoms with Crippen LogP contribution in [0.25, 0.3) is 10.6 Å². The molecule has 0 N–H and O–H groups in total. The van der Waals surface area contributed by atoms with E-state index in [9.17, 15) is 4.79 Å². The molecule has 1 heterocycles. The SMILES string of the molecule is CCCCN(C(=O)CCC)c1nnc(-c2ccccc2C)s1. The minimum atomic E-state index is 0.142. The Morgan fingerprint density at radius 1 is 1.18 bits per heavy atom. The van der Waals surface area contributed by atoms with Crippen LogP contribution in [0.1, 0.15) is 45.1 Å². The number of hydrogen-bond acceptors (Lipinski definition) is 4. The number of hydrogen-bond donors (Lipinski definition) is 0. The number of carbonyl (C=O) groups excluding carboxylic acids is 1. The molecule has 0 fully saturated rings. The molecule has 0 bridgehead atoms. The van der Waals surface area contributed by atoms with Gasteiger partial charge in [0, 0.05) is 18.5 Å². The van der Waals surface area contributed by atoms with Gasteiger partial charge in [-0.25, -0.2) is 0 Å². The van der Waals surface area contributed by atoms with E-state index in [4.69, 9.17) is 0 Å². The van der Waals surface area contributed by atoms with Gasteiger partial charge >= 0.3 is 0 Å². The van der Waals surface area contributed by atoms with E-state index in [1.165, 1.54) is 16.9 Å². The number of nitrogens with zero attached hydrogens (tertiary/aromatic N) is 3. The summed E-state index contributed by atoms with van der Waals surface area (Å²) in [6, 6.07) is 8.12. The quantitative estimate of drug-likeness (QED) is 0.758. The van der Waals surface area contributed by atoms with Crippen molar-refractivity contribution in [2.45, 2.75) is 46.5 Å². The maximum Gasteiger partial charge on any atom is 0.228 e. The average molecular weight is 317 g/mol.